The van der Waals surface area contributed by atoms with E-state index in [0.29, 0.717) is 11.7 Å². The molecule has 18 heavy (non-hydrogen) atoms. The van der Waals surface area contributed by atoms with E-state index in [1.165, 1.54) is 4.90 Å². The molecule has 0 aromatic carbocycles. The number of nitrogens with one attached hydrogen (secondary N) is 1. The number of nitrogens with zero attached hydrogens (tertiary/aromatic N) is 4. The third-order valence-electron chi connectivity index (χ3n) is 3.09. The van der Waals surface area contributed by atoms with Gasteiger partial charge in [-0.05, 0) is 25.9 Å². The van der Waals surface area contributed by atoms with Crippen LogP contribution >= 0.6 is 0 Å². The molecule has 0 bridgehead atoms. The lowest BCUT2D eigenvalue weighted by Crippen LogP contribution is -2.29. The number of carbonyl (C=O) groups is 1. The summed E-state index contributed by atoms with van der Waals surface area (Å²) in [6.45, 7) is 2.23. The average Bonchev–Trinajstić information content (AvgIpc) is 2.89. The molecular formula is C12H17N5O. The number of hydrogen-bond acceptors (Lipinski definition) is 4. The zero-order valence-electron chi connectivity index (χ0n) is 10.5. The number of amides is 1. The van der Waals surface area contributed by atoms with Gasteiger partial charge in [0.15, 0.2) is 5.69 Å². The Labute approximate surface area is 106 Å². The third-order valence-corrected chi connectivity index (χ3v) is 3.09. The molecule has 1 N–H and O–H groups in total. The summed E-state index contributed by atoms with van der Waals surface area (Å²) >= 11 is 0. The summed E-state index contributed by atoms with van der Waals surface area (Å²) in [6, 6.07) is 0.332. The number of hydrogen-bond donors (Lipinski definition) is 1. The van der Waals surface area contributed by atoms with Crippen LogP contribution in [-0.2, 0) is 0 Å². The van der Waals surface area contributed by atoms with Crippen molar-refractivity contribution in [3.63, 3.8) is 0 Å². The van der Waals surface area contributed by atoms with Crippen molar-refractivity contribution in [2.45, 2.75) is 18.9 Å². The lowest BCUT2D eigenvalue weighted by atomic mass is 10.1. The van der Waals surface area contributed by atoms with Gasteiger partial charge in [-0.1, -0.05) is 11.1 Å². The van der Waals surface area contributed by atoms with Gasteiger partial charge >= 0.3 is 0 Å². The molecule has 1 saturated heterocycles. The summed E-state index contributed by atoms with van der Waals surface area (Å²) in [6.07, 6.45) is 8.91. The smallest absolute Gasteiger partial charge is 0.276 e. The summed E-state index contributed by atoms with van der Waals surface area (Å²) in [5, 5.41) is 11.3. The Bertz CT molecular complexity index is 455. The van der Waals surface area contributed by atoms with E-state index in [1.54, 1.807) is 17.9 Å². The summed E-state index contributed by atoms with van der Waals surface area (Å²) in [5.74, 6) is 2.24. The number of aromatic nitrogens is 3. The monoisotopic (exact) mass is 247 g/mol. The molecule has 6 nitrogen and oxygen atoms in total. The maximum Gasteiger partial charge on any atom is 0.276 e. The molecule has 0 aliphatic carbocycles. The molecule has 1 aromatic rings. The molecule has 6 heteroatoms. The number of carbonyl (C=O) groups excluding carboxylic acids is 1. The van der Waals surface area contributed by atoms with Gasteiger partial charge in [0.25, 0.3) is 5.91 Å². The number of piperidine rings is 1. The summed E-state index contributed by atoms with van der Waals surface area (Å²) < 4.78 is 1.79. The lowest BCUT2D eigenvalue weighted by Gasteiger charge is -2.22. The second-order valence-electron chi connectivity index (χ2n) is 4.43. The van der Waals surface area contributed by atoms with Crippen molar-refractivity contribution in [2.75, 3.05) is 26.7 Å². The topological polar surface area (TPSA) is 63.1 Å². The van der Waals surface area contributed by atoms with Crippen molar-refractivity contribution < 1.29 is 4.79 Å². The summed E-state index contributed by atoms with van der Waals surface area (Å²) in [4.78, 5) is 13.4. The van der Waals surface area contributed by atoms with Crippen LogP contribution in [0.5, 0.6) is 0 Å². The molecule has 96 valence electrons. The predicted molar refractivity (Wildman–Crippen MR) is 67.0 cm³/mol. The zero-order chi connectivity index (χ0) is 13.0. The first-order valence-corrected chi connectivity index (χ1v) is 6.04. The summed E-state index contributed by atoms with van der Waals surface area (Å²) in [7, 11) is 1.66. The fourth-order valence-electron chi connectivity index (χ4n) is 2.03. The van der Waals surface area contributed by atoms with Crippen LogP contribution in [0.25, 0.3) is 0 Å². The Balaban J connectivity index is 2.05. The molecule has 0 spiro atoms. The standard InChI is InChI=1S/C12H17N5O/c1-3-8-16(2)12(18)11-9-17(15-14-11)10-4-6-13-7-5-10/h1,9-10,13H,4-8H2,2H3. The SMILES string of the molecule is C#CCN(C)C(=O)c1cn(C2CCNCC2)nn1. The van der Waals surface area contributed by atoms with Gasteiger partial charge in [-0.15, -0.1) is 11.5 Å². The van der Waals surface area contributed by atoms with Gasteiger partial charge in [0.05, 0.1) is 18.8 Å². The van der Waals surface area contributed by atoms with Gasteiger partial charge in [-0.25, -0.2) is 4.68 Å². The highest BCUT2D eigenvalue weighted by molar-refractivity contribution is 5.91. The zero-order valence-corrected chi connectivity index (χ0v) is 10.5. The van der Waals surface area contributed by atoms with Crippen molar-refractivity contribution >= 4 is 5.91 Å². The van der Waals surface area contributed by atoms with E-state index in [2.05, 4.69) is 21.5 Å². The molecule has 0 radical (unpaired) electrons. The Kier molecular flexibility index (Phi) is 3.95. The van der Waals surface area contributed by atoms with Crippen molar-refractivity contribution in [3.8, 4) is 12.3 Å². The van der Waals surface area contributed by atoms with Crippen molar-refractivity contribution in [1.29, 1.82) is 0 Å². The third kappa shape index (κ3) is 2.68. The molecule has 1 aliphatic rings. The molecule has 1 aliphatic heterocycles. The lowest BCUT2D eigenvalue weighted by molar-refractivity contribution is 0.0807. The fraction of sp³-hybridized carbons (Fsp3) is 0.583. The van der Waals surface area contributed by atoms with Crippen LogP contribution in [-0.4, -0.2) is 52.5 Å². The van der Waals surface area contributed by atoms with Gasteiger partial charge in [-0.2, -0.15) is 0 Å². The first-order valence-electron chi connectivity index (χ1n) is 6.04. The molecule has 2 heterocycles. The van der Waals surface area contributed by atoms with E-state index in [1.807, 2.05) is 0 Å². The van der Waals surface area contributed by atoms with Crippen LogP contribution in [0, 0.1) is 12.3 Å². The largest absolute Gasteiger partial charge is 0.329 e. The minimum absolute atomic E-state index is 0.187. The van der Waals surface area contributed by atoms with Crippen LogP contribution in [0.3, 0.4) is 0 Å². The number of rotatable bonds is 3. The van der Waals surface area contributed by atoms with E-state index in [0.717, 1.165) is 25.9 Å². The van der Waals surface area contributed by atoms with Crippen molar-refractivity contribution in [2.24, 2.45) is 0 Å². The van der Waals surface area contributed by atoms with Crippen molar-refractivity contribution in [1.82, 2.24) is 25.2 Å². The predicted octanol–water partition coefficient (Wildman–Crippen LogP) is -0.0922. The molecule has 1 amide bonds. The maximum atomic E-state index is 11.9. The first-order chi connectivity index (χ1) is 8.72. The van der Waals surface area contributed by atoms with E-state index in [-0.39, 0.29) is 12.5 Å². The quantitative estimate of drug-likeness (QED) is 0.758. The molecule has 0 saturated carbocycles. The Morgan fingerprint density at radius 3 is 3.06 bits per heavy atom. The fourth-order valence-corrected chi connectivity index (χ4v) is 2.03. The molecule has 2 rings (SSSR count). The molecule has 1 aromatic heterocycles. The number of terminal acetylenes is 1. The first kappa shape index (κ1) is 12.6. The van der Waals surface area contributed by atoms with Crippen LogP contribution in [0.1, 0.15) is 29.4 Å². The Hall–Kier alpha value is -1.87. The van der Waals surface area contributed by atoms with Crippen molar-refractivity contribution in [3.05, 3.63) is 11.9 Å². The Morgan fingerprint density at radius 2 is 2.39 bits per heavy atom. The van der Waals surface area contributed by atoms with Gasteiger partial charge in [0, 0.05) is 7.05 Å². The highest BCUT2D eigenvalue weighted by atomic mass is 16.2. The van der Waals surface area contributed by atoms with Gasteiger partial charge in [0.1, 0.15) is 0 Å². The highest BCUT2D eigenvalue weighted by Gasteiger charge is 2.20. The van der Waals surface area contributed by atoms with Crippen LogP contribution < -0.4 is 5.32 Å². The van der Waals surface area contributed by atoms with Gasteiger partial charge in [0.2, 0.25) is 0 Å². The van der Waals surface area contributed by atoms with Gasteiger partial charge in [-0.3, -0.25) is 4.79 Å². The minimum Gasteiger partial charge on any atom is -0.329 e. The normalized spacial score (nSPS) is 16.2. The van der Waals surface area contributed by atoms with Crippen LogP contribution in [0.2, 0.25) is 0 Å². The maximum absolute atomic E-state index is 11.9. The Morgan fingerprint density at radius 1 is 1.67 bits per heavy atom. The highest BCUT2D eigenvalue weighted by Crippen LogP contribution is 2.17. The van der Waals surface area contributed by atoms with E-state index >= 15 is 0 Å². The minimum atomic E-state index is -0.187. The molecule has 0 atom stereocenters. The molecule has 0 unspecified atom stereocenters. The second-order valence-corrected chi connectivity index (χ2v) is 4.43. The van der Waals surface area contributed by atoms with Crippen LogP contribution in [0.15, 0.2) is 6.20 Å². The molecular weight excluding hydrogens is 230 g/mol. The van der Waals surface area contributed by atoms with Gasteiger partial charge < -0.3 is 10.2 Å². The second kappa shape index (κ2) is 5.65. The van der Waals surface area contributed by atoms with E-state index in [4.69, 9.17) is 6.42 Å². The van der Waals surface area contributed by atoms with Crippen LogP contribution in [0.4, 0.5) is 0 Å². The van der Waals surface area contributed by atoms with E-state index < -0.39 is 0 Å². The molecule has 1 fully saturated rings. The van der Waals surface area contributed by atoms with E-state index in [9.17, 15) is 4.79 Å². The summed E-state index contributed by atoms with van der Waals surface area (Å²) in [5.41, 5.74) is 0.353. The average molecular weight is 247 g/mol.